The summed E-state index contributed by atoms with van der Waals surface area (Å²) >= 11 is 0. The average molecular weight is 149 g/mol. The summed E-state index contributed by atoms with van der Waals surface area (Å²) in [6.07, 6.45) is 6.95. The lowest BCUT2D eigenvalue weighted by molar-refractivity contribution is 0.147. The Balaban J connectivity index is 2.08. The second-order valence-electron chi connectivity index (χ2n) is 4.96. The van der Waals surface area contributed by atoms with Gasteiger partial charge in [0.05, 0.1) is 5.54 Å². The van der Waals surface area contributed by atoms with Gasteiger partial charge in [0.2, 0.25) is 0 Å². The average Bonchev–Trinajstić information content (AvgIpc) is 1.79. The van der Waals surface area contributed by atoms with Gasteiger partial charge in [-0.1, -0.05) is 0 Å². The molecule has 0 radical (unpaired) electrons. The van der Waals surface area contributed by atoms with Crippen LogP contribution in [-0.4, -0.2) is 11.3 Å². The van der Waals surface area contributed by atoms with Crippen molar-refractivity contribution in [3.8, 4) is 0 Å². The molecule has 2 aliphatic carbocycles. The van der Waals surface area contributed by atoms with Crippen LogP contribution in [0.2, 0.25) is 0 Å². The van der Waals surface area contributed by atoms with Gasteiger partial charge in [-0.25, -0.2) is 0 Å². The highest BCUT2D eigenvalue weighted by Gasteiger charge is 2.44. The van der Waals surface area contributed by atoms with Gasteiger partial charge < -0.3 is 0 Å². The summed E-state index contributed by atoms with van der Waals surface area (Å²) in [6.45, 7) is 2.35. The maximum absolute atomic E-state index is 4.82. The molecule has 4 rings (SSSR count). The fourth-order valence-corrected chi connectivity index (χ4v) is 3.59. The zero-order chi connectivity index (χ0) is 7.47. The van der Waals surface area contributed by atoms with E-state index in [1.165, 1.54) is 32.1 Å². The molecular weight excluding hydrogens is 134 g/mol. The third-order valence-electron chi connectivity index (χ3n) is 3.60. The van der Waals surface area contributed by atoms with E-state index in [9.17, 15) is 0 Å². The summed E-state index contributed by atoms with van der Waals surface area (Å²) < 4.78 is 0. The minimum atomic E-state index is 0.388. The molecule has 2 unspecified atom stereocenters. The van der Waals surface area contributed by atoms with Crippen LogP contribution in [0.1, 0.15) is 39.0 Å². The predicted octanol–water partition coefficient (Wildman–Crippen LogP) is 2.41. The van der Waals surface area contributed by atoms with Gasteiger partial charge in [-0.3, -0.25) is 4.99 Å². The van der Waals surface area contributed by atoms with Gasteiger partial charge in [0, 0.05) is 5.71 Å². The molecule has 2 atom stereocenters. The number of rotatable bonds is 0. The zero-order valence-electron chi connectivity index (χ0n) is 7.14. The van der Waals surface area contributed by atoms with Gasteiger partial charge >= 0.3 is 0 Å². The Bertz CT molecular complexity index is 213. The van der Waals surface area contributed by atoms with Gasteiger partial charge in [-0.05, 0) is 50.9 Å². The van der Waals surface area contributed by atoms with Crippen molar-refractivity contribution in [3.05, 3.63) is 0 Å². The van der Waals surface area contributed by atoms with Crippen LogP contribution in [0.4, 0.5) is 0 Å². The van der Waals surface area contributed by atoms with E-state index in [0.717, 1.165) is 11.8 Å². The molecule has 60 valence electrons. The Kier molecular flexibility index (Phi) is 0.961. The third-order valence-corrected chi connectivity index (χ3v) is 3.60. The van der Waals surface area contributed by atoms with Gasteiger partial charge in [-0.2, -0.15) is 0 Å². The number of aliphatic imine (C=N–C) groups is 1. The maximum Gasteiger partial charge on any atom is 0.0585 e. The fraction of sp³-hybridized carbons (Fsp3) is 0.900. The molecule has 0 aromatic rings. The summed E-state index contributed by atoms with van der Waals surface area (Å²) in [7, 11) is 0. The summed E-state index contributed by atoms with van der Waals surface area (Å²) in [5, 5.41) is 0. The van der Waals surface area contributed by atoms with Crippen LogP contribution < -0.4 is 0 Å². The zero-order valence-corrected chi connectivity index (χ0v) is 7.14. The van der Waals surface area contributed by atoms with Crippen LogP contribution in [0.5, 0.6) is 0 Å². The van der Waals surface area contributed by atoms with E-state index in [2.05, 4.69) is 6.92 Å². The van der Waals surface area contributed by atoms with Crippen molar-refractivity contribution in [2.75, 3.05) is 0 Å². The van der Waals surface area contributed by atoms with E-state index in [0.29, 0.717) is 5.54 Å². The summed E-state index contributed by atoms with van der Waals surface area (Å²) in [5.41, 5.74) is 1.94. The molecule has 2 fully saturated rings. The molecule has 0 aromatic heterocycles. The van der Waals surface area contributed by atoms with E-state index >= 15 is 0 Å². The van der Waals surface area contributed by atoms with Crippen LogP contribution in [0.15, 0.2) is 4.99 Å². The van der Waals surface area contributed by atoms with E-state index < -0.39 is 0 Å². The molecule has 11 heavy (non-hydrogen) atoms. The Morgan fingerprint density at radius 3 is 2.36 bits per heavy atom. The molecule has 0 amide bonds. The SMILES string of the molecule is CC12CC3CC(=N1)CC(C3)C2. The molecule has 0 N–H and O–H groups in total. The molecule has 0 saturated heterocycles. The minimum Gasteiger partial charge on any atom is -0.288 e. The van der Waals surface area contributed by atoms with E-state index in [1.54, 1.807) is 5.71 Å². The quantitative estimate of drug-likeness (QED) is 0.501. The second-order valence-corrected chi connectivity index (χ2v) is 4.96. The largest absolute Gasteiger partial charge is 0.288 e. The van der Waals surface area contributed by atoms with Crippen LogP contribution >= 0.6 is 0 Å². The van der Waals surface area contributed by atoms with Crippen LogP contribution in [0, 0.1) is 11.8 Å². The molecule has 4 bridgehead atoms. The van der Waals surface area contributed by atoms with Crippen LogP contribution in [0.3, 0.4) is 0 Å². The summed E-state index contributed by atoms with van der Waals surface area (Å²) in [4.78, 5) is 4.82. The van der Waals surface area contributed by atoms with E-state index in [1.807, 2.05) is 0 Å². The molecule has 1 heteroatoms. The first kappa shape index (κ1) is 6.22. The van der Waals surface area contributed by atoms with Crippen LogP contribution in [-0.2, 0) is 0 Å². The van der Waals surface area contributed by atoms with Crippen molar-refractivity contribution in [2.24, 2.45) is 16.8 Å². The maximum atomic E-state index is 4.82. The highest BCUT2D eigenvalue weighted by atomic mass is 14.9. The lowest BCUT2D eigenvalue weighted by Gasteiger charge is -2.49. The van der Waals surface area contributed by atoms with Crippen molar-refractivity contribution in [1.29, 1.82) is 0 Å². The van der Waals surface area contributed by atoms with E-state index in [-0.39, 0.29) is 0 Å². The Hall–Kier alpha value is -0.330. The summed E-state index contributed by atoms with van der Waals surface area (Å²) in [6, 6.07) is 0. The Labute approximate surface area is 67.9 Å². The van der Waals surface area contributed by atoms with Crippen LogP contribution in [0.25, 0.3) is 0 Å². The third kappa shape index (κ3) is 0.800. The Morgan fingerprint density at radius 1 is 1.27 bits per heavy atom. The lowest BCUT2D eigenvalue weighted by Crippen LogP contribution is -2.45. The smallest absolute Gasteiger partial charge is 0.0585 e. The van der Waals surface area contributed by atoms with Crippen molar-refractivity contribution in [1.82, 2.24) is 0 Å². The number of nitrogens with zero attached hydrogens (tertiary/aromatic N) is 1. The molecule has 1 nitrogen and oxygen atoms in total. The van der Waals surface area contributed by atoms with Gasteiger partial charge in [0.25, 0.3) is 0 Å². The standard InChI is InChI=1S/C10H15N/c1-10-5-7-2-8(6-10)4-9(3-7)11-10/h7-8H,2-6H2,1H3. The lowest BCUT2D eigenvalue weighted by atomic mass is 9.62. The van der Waals surface area contributed by atoms with Crippen molar-refractivity contribution >= 4 is 5.71 Å². The monoisotopic (exact) mass is 149 g/mol. The number of hydrogen-bond donors (Lipinski definition) is 0. The molecule has 2 heterocycles. The topological polar surface area (TPSA) is 12.4 Å². The first-order valence-electron chi connectivity index (χ1n) is 4.81. The van der Waals surface area contributed by atoms with Gasteiger partial charge in [0.1, 0.15) is 0 Å². The molecule has 4 aliphatic rings. The van der Waals surface area contributed by atoms with E-state index in [4.69, 9.17) is 4.99 Å². The van der Waals surface area contributed by atoms with Gasteiger partial charge in [-0.15, -0.1) is 0 Å². The fourth-order valence-electron chi connectivity index (χ4n) is 3.59. The first-order valence-corrected chi connectivity index (χ1v) is 4.81. The highest BCUT2D eigenvalue weighted by Crippen LogP contribution is 2.49. The second kappa shape index (κ2) is 1.70. The minimum absolute atomic E-state index is 0.388. The molecular formula is C10H15N. The molecule has 0 aromatic carbocycles. The van der Waals surface area contributed by atoms with Gasteiger partial charge in [0.15, 0.2) is 0 Å². The van der Waals surface area contributed by atoms with Crippen molar-refractivity contribution in [3.63, 3.8) is 0 Å². The highest BCUT2D eigenvalue weighted by molar-refractivity contribution is 5.87. The number of hydrogen-bond acceptors (Lipinski definition) is 1. The first-order chi connectivity index (χ1) is 5.23. The molecule has 2 aliphatic heterocycles. The van der Waals surface area contributed by atoms with Crippen molar-refractivity contribution in [2.45, 2.75) is 44.6 Å². The van der Waals surface area contributed by atoms with Crippen molar-refractivity contribution < 1.29 is 0 Å². The Morgan fingerprint density at radius 2 is 1.91 bits per heavy atom. The molecule has 0 spiro atoms. The predicted molar refractivity (Wildman–Crippen MR) is 45.9 cm³/mol. The normalized spacial score (nSPS) is 53.0. The summed E-state index contributed by atoms with van der Waals surface area (Å²) in [5.74, 6) is 2.03. The molecule has 2 saturated carbocycles.